The molecular formula is C17H22ClNO3. The maximum absolute atomic E-state index is 12.3. The number of nitrogens with zero attached hydrogens (tertiary/aromatic N) is 1. The van der Waals surface area contributed by atoms with Gasteiger partial charge in [0.25, 0.3) is 0 Å². The molecular weight excluding hydrogens is 302 g/mol. The molecule has 3 rings (SSSR count). The molecule has 1 heterocycles. The molecule has 2 fully saturated rings. The zero-order valence-electron chi connectivity index (χ0n) is 12.5. The summed E-state index contributed by atoms with van der Waals surface area (Å²) >= 11 is 5.95. The van der Waals surface area contributed by atoms with Crippen LogP contribution in [0, 0.1) is 5.41 Å². The quantitative estimate of drug-likeness (QED) is 0.894. The van der Waals surface area contributed by atoms with Crippen molar-refractivity contribution in [2.24, 2.45) is 5.41 Å². The van der Waals surface area contributed by atoms with Crippen LogP contribution >= 0.6 is 11.6 Å². The van der Waals surface area contributed by atoms with Crippen LogP contribution < -0.4 is 0 Å². The molecule has 1 aliphatic carbocycles. The summed E-state index contributed by atoms with van der Waals surface area (Å²) in [6.07, 6.45) is 2.20. The first-order valence-corrected chi connectivity index (χ1v) is 8.27. The van der Waals surface area contributed by atoms with Gasteiger partial charge in [-0.05, 0) is 37.0 Å². The highest BCUT2D eigenvalue weighted by Gasteiger charge is 2.55. The second-order valence-corrected chi connectivity index (χ2v) is 6.95. The van der Waals surface area contributed by atoms with Gasteiger partial charge in [0, 0.05) is 36.4 Å². The minimum Gasteiger partial charge on any atom is -0.392 e. The predicted molar refractivity (Wildman–Crippen MR) is 84.7 cm³/mol. The number of rotatable bonds is 3. The van der Waals surface area contributed by atoms with Crippen LogP contribution in [-0.4, -0.2) is 46.3 Å². The zero-order chi connectivity index (χ0) is 15.7. The standard InChI is InChI=1S/C17H22ClNO3/c18-13-3-1-2-12(10-13)4-5-16(22)19-8-6-17(7-9-19)14(20)11-15(17)21/h1-3,10,14-15,20-21H,4-9,11H2/t14-,15+. The molecule has 2 atom stereocenters. The molecule has 1 aromatic carbocycles. The van der Waals surface area contributed by atoms with Gasteiger partial charge in [0.15, 0.2) is 0 Å². The number of carbonyl (C=O) groups excluding carboxylic acids is 1. The van der Waals surface area contributed by atoms with E-state index in [9.17, 15) is 15.0 Å². The second-order valence-electron chi connectivity index (χ2n) is 6.51. The molecule has 1 saturated heterocycles. The zero-order valence-corrected chi connectivity index (χ0v) is 13.3. The largest absolute Gasteiger partial charge is 0.392 e. The van der Waals surface area contributed by atoms with Crippen molar-refractivity contribution in [1.29, 1.82) is 0 Å². The van der Waals surface area contributed by atoms with E-state index in [1.54, 1.807) is 0 Å². The Kier molecular flexibility index (Phi) is 4.44. The first-order valence-electron chi connectivity index (χ1n) is 7.89. The van der Waals surface area contributed by atoms with Crippen molar-refractivity contribution in [1.82, 2.24) is 4.90 Å². The average molecular weight is 324 g/mol. The molecule has 1 aliphatic heterocycles. The topological polar surface area (TPSA) is 60.8 Å². The van der Waals surface area contributed by atoms with Gasteiger partial charge >= 0.3 is 0 Å². The molecule has 1 amide bonds. The molecule has 2 aliphatic rings. The Morgan fingerprint density at radius 1 is 1.27 bits per heavy atom. The van der Waals surface area contributed by atoms with Gasteiger partial charge < -0.3 is 15.1 Å². The number of aliphatic hydroxyl groups excluding tert-OH is 2. The van der Waals surface area contributed by atoms with E-state index in [0.717, 1.165) is 5.56 Å². The lowest BCUT2D eigenvalue weighted by atomic mass is 9.58. The molecule has 0 bridgehead atoms. The highest BCUT2D eigenvalue weighted by molar-refractivity contribution is 6.30. The van der Waals surface area contributed by atoms with Crippen molar-refractivity contribution in [2.45, 2.75) is 44.3 Å². The average Bonchev–Trinajstić information content (AvgIpc) is 2.53. The number of carbonyl (C=O) groups is 1. The minimum absolute atomic E-state index is 0.137. The first-order chi connectivity index (χ1) is 10.5. The normalized spacial score (nSPS) is 26.8. The number of hydrogen-bond donors (Lipinski definition) is 2. The van der Waals surface area contributed by atoms with E-state index >= 15 is 0 Å². The summed E-state index contributed by atoms with van der Waals surface area (Å²) in [5, 5.41) is 20.5. The van der Waals surface area contributed by atoms with Crippen molar-refractivity contribution in [3.05, 3.63) is 34.9 Å². The smallest absolute Gasteiger partial charge is 0.222 e. The van der Waals surface area contributed by atoms with Gasteiger partial charge in [0.05, 0.1) is 12.2 Å². The molecule has 0 aromatic heterocycles. The number of hydrogen-bond acceptors (Lipinski definition) is 3. The molecule has 22 heavy (non-hydrogen) atoms. The Bertz CT molecular complexity index is 545. The summed E-state index contributed by atoms with van der Waals surface area (Å²) in [6, 6.07) is 7.59. The molecule has 0 radical (unpaired) electrons. The van der Waals surface area contributed by atoms with Crippen molar-refractivity contribution in [2.75, 3.05) is 13.1 Å². The van der Waals surface area contributed by atoms with Crippen LogP contribution in [0.1, 0.15) is 31.2 Å². The molecule has 1 aromatic rings. The molecule has 4 nitrogen and oxygen atoms in total. The number of halogens is 1. The van der Waals surface area contributed by atoms with E-state index < -0.39 is 12.2 Å². The minimum atomic E-state index is -0.411. The number of aryl methyl sites for hydroxylation is 1. The summed E-state index contributed by atoms with van der Waals surface area (Å²) in [6.45, 7) is 1.25. The first kappa shape index (κ1) is 15.8. The fourth-order valence-electron chi connectivity index (χ4n) is 3.68. The molecule has 5 heteroatoms. The van der Waals surface area contributed by atoms with Gasteiger partial charge in [-0.2, -0.15) is 0 Å². The summed E-state index contributed by atoms with van der Waals surface area (Å²) in [4.78, 5) is 14.2. The fourth-order valence-corrected chi connectivity index (χ4v) is 3.90. The SMILES string of the molecule is O=C(CCc1cccc(Cl)c1)N1CCC2(CC1)[C@H](O)C[C@@H]2O. The Morgan fingerprint density at radius 3 is 2.55 bits per heavy atom. The van der Waals surface area contributed by atoms with E-state index in [1.807, 2.05) is 29.2 Å². The highest BCUT2D eigenvalue weighted by atomic mass is 35.5. The van der Waals surface area contributed by atoms with Crippen LogP contribution in [0.3, 0.4) is 0 Å². The van der Waals surface area contributed by atoms with Gasteiger partial charge in [-0.25, -0.2) is 0 Å². The Hall–Kier alpha value is -1.10. The van der Waals surface area contributed by atoms with Gasteiger partial charge in [-0.15, -0.1) is 0 Å². The third-order valence-corrected chi connectivity index (χ3v) is 5.57. The number of aliphatic hydroxyl groups is 2. The van der Waals surface area contributed by atoms with Crippen LogP contribution in [0.4, 0.5) is 0 Å². The number of amides is 1. The molecule has 2 N–H and O–H groups in total. The summed E-state index contributed by atoms with van der Waals surface area (Å²) in [5.41, 5.74) is 0.711. The van der Waals surface area contributed by atoms with Crippen LogP contribution in [-0.2, 0) is 11.2 Å². The monoisotopic (exact) mass is 323 g/mol. The third-order valence-electron chi connectivity index (χ3n) is 5.34. The molecule has 1 saturated carbocycles. The maximum atomic E-state index is 12.3. The summed E-state index contributed by atoms with van der Waals surface area (Å²) in [5.74, 6) is 0.137. The molecule has 1 spiro atoms. The molecule has 0 unspecified atom stereocenters. The summed E-state index contributed by atoms with van der Waals surface area (Å²) in [7, 11) is 0. The van der Waals surface area contributed by atoms with E-state index in [4.69, 9.17) is 11.6 Å². The fraction of sp³-hybridized carbons (Fsp3) is 0.588. The van der Waals surface area contributed by atoms with E-state index in [1.165, 1.54) is 0 Å². The van der Waals surface area contributed by atoms with Crippen molar-refractivity contribution >= 4 is 17.5 Å². The van der Waals surface area contributed by atoms with Crippen LogP contribution in [0.25, 0.3) is 0 Å². The highest BCUT2D eigenvalue weighted by Crippen LogP contribution is 2.49. The lowest BCUT2D eigenvalue weighted by Gasteiger charge is -2.55. The van der Waals surface area contributed by atoms with Gasteiger partial charge in [0.1, 0.15) is 0 Å². The Morgan fingerprint density at radius 2 is 1.95 bits per heavy atom. The number of benzene rings is 1. The van der Waals surface area contributed by atoms with Crippen molar-refractivity contribution in [3.8, 4) is 0 Å². The lowest BCUT2D eigenvalue weighted by molar-refractivity contribution is -0.191. The lowest BCUT2D eigenvalue weighted by Crippen LogP contribution is -2.61. The molecule has 120 valence electrons. The van der Waals surface area contributed by atoms with Crippen LogP contribution in [0.15, 0.2) is 24.3 Å². The number of piperidine rings is 1. The van der Waals surface area contributed by atoms with Gasteiger partial charge in [-0.3, -0.25) is 4.79 Å². The number of likely N-dealkylation sites (tertiary alicyclic amines) is 1. The second kappa shape index (κ2) is 6.19. The summed E-state index contributed by atoms with van der Waals surface area (Å²) < 4.78 is 0. The van der Waals surface area contributed by atoms with Gasteiger partial charge in [0.2, 0.25) is 5.91 Å². The third kappa shape index (κ3) is 2.87. The Balaban J connectivity index is 1.50. The van der Waals surface area contributed by atoms with E-state index in [0.29, 0.717) is 50.2 Å². The maximum Gasteiger partial charge on any atom is 0.222 e. The van der Waals surface area contributed by atoms with Gasteiger partial charge in [-0.1, -0.05) is 23.7 Å². The van der Waals surface area contributed by atoms with E-state index in [-0.39, 0.29) is 11.3 Å². The van der Waals surface area contributed by atoms with Crippen molar-refractivity contribution < 1.29 is 15.0 Å². The van der Waals surface area contributed by atoms with Crippen LogP contribution in [0.2, 0.25) is 5.02 Å². The van der Waals surface area contributed by atoms with E-state index in [2.05, 4.69) is 0 Å². The van der Waals surface area contributed by atoms with Crippen molar-refractivity contribution in [3.63, 3.8) is 0 Å². The Labute approximate surface area is 135 Å². The predicted octanol–water partition coefficient (Wildman–Crippen LogP) is 2.01. The van der Waals surface area contributed by atoms with Crippen LogP contribution in [0.5, 0.6) is 0 Å².